The van der Waals surface area contributed by atoms with Gasteiger partial charge in [-0.25, -0.2) is 0 Å². The summed E-state index contributed by atoms with van der Waals surface area (Å²) >= 11 is 0. The van der Waals surface area contributed by atoms with Gasteiger partial charge in [0, 0.05) is 12.0 Å². The van der Waals surface area contributed by atoms with Gasteiger partial charge in [0.25, 0.3) is 0 Å². The molecular weight excluding hydrogens is 186 g/mol. The van der Waals surface area contributed by atoms with Crippen molar-refractivity contribution in [1.29, 1.82) is 0 Å². The summed E-state index contributed by atoms with van der Waals surface area (Å²) in [5, 5.41) is 0. The summed E-state index contributed by atoms with van der Waals surface area (Å²) in [6, 6.07) is 0.534. The molecule has 1 nitrogen and oxygen atoms in total. The molecule has 1 atom stereocenters. The van der Waals surface area contributed by atoms with E-state index < -0.39 is 8.07 Å². The molecule has 5 radical (unpaired) electrons. The second-order valence-corrected chi connectivity index (χ2v) is 10.3. The Labute approximate surface area is 90.9 Å². The fourth-order valence-electron chi connectivity index (χ4n) is 1.76. The lowest BCUT2D eigenvalue weighted by Gasteiger charge is -2.35. The first-order chi connectivity index (χ1) is 6.34. The van der Waals surface area contributed by atoms with E-state index in [-0.39, 0.29) is 0 Å². The molecule has 1 aliphatic rings. The van der Waals surface area contributed by atoms with Gasteiger partial charge in [0.05, 0.1) is 8.07 Å². The van der Waals surface area contributed by atoms with Gasteiger partial charge in [-0.15, -0.1) is 0 Å². The molecule has 0 aromatic rings. The first-order valence-corrected chi connectivity index (χ1v) is 8.76. The van der Waals surface area contributed by atoms with Crippen molar-refractivity contribution in [2.24, 2.45) is 0 Å². The minimum Gasteiger partial charge on any atom is -0.306 e. The summed E-state index contributed by atoms with van der Waals surface area (Å²) in [7, 11) is 3.13. The molecule has 1 aliphatic carbocycles. The molecule has 0 spiro atoms. The fraction of sp³-hybridized carbons (Fsp3) is 0.583. The van der Waals surface area contributed by atoms with Crippen LogP contribution in [0.5, 0.6) is 0 Å². The van der Waals surface area contributed by atoms with Crippen LogP contribution in [0.1, 0.15) is 6.92 Å². The van der Waals surface area contributed by atoms with Crippen LogP contribution in [0.2, 0.25) is 19.6 Å². The van der Waals surface area contributed by atoms with Crippen molar-refractivity contribution in [3.63, 3.8) is 0 Å². The van der Waals surface area contributed by atoms with Crippen LogP contribution in [0.4, 0.5) is 0 Å². The van der Waals surface area contributed by atoms with E-state index in [1.165, 1.54) is 5.92 Å². The van der Waals surface area contributed by atoms with E-state index in [4.69, 9.17) is 0 Å². The van der Waals surface area contributed by atoms with Crippen LogP contribution >= 0.6 is 0 Å². The molecule has 1 saturated carbocycles. The van der Waals surface area contributed by atoms with Crippen molar-refractivity contribution >= 4 is 8.07 Å². The summed E-state index contributed by atoms with van der Waals surface area (Å²) in [5.74, 6) is 1.52. The van der Waals surface area contributed by atoms with Crippen LogP contribution in [0.15, 0.2) is 0 Å². The number of nitrogens with zero attached hydrogens (tertiary/aromatic N) is 1. The predicted octanol–water partition coefficient (Wildman–Crippen LogP) is 2.59. The first kappa shape index (κ1) is 12.2. The van der Waals surface area contributed by atoms with Crippen molar-refractivity contribution < 1.29 is 0 Å². The van der Waals surface area contributed by atoms with Crippen molar-refractivity contribution in [3.8, 4) is 0 Å². The Kier molecular flexibility index (Phi) is 3.81. The second-order valence-electron chi connectivity index (χ2n) is 5.28. The van der Waals surface area contributed by atoms with Crippen LogP contribution < -0.4 is 0 Å². The van der Waals surface area contributed by atoms with Gasteiger partial charge in [-0.3, -0.25) is 0 Å². The highest BCUT2D eigenvalue weighted by atomic mass is 28.3. The van der Waals surface area contributed by atoms with Gasteiger partial charge in [-0.2, -0.15) is 0 Å². The van der Waals surface area contributed by atoms with Gasteiger partial charge in [0.1, 0.15) is 0 Å². The normalized spacial score (nSPS) is 23.4. The maximum Gasteiger partial charge on any atom is 0.0521 e. The zero-order valence-electron chi connectivity index (χ0n) is 10.3. The van der Waals surface area contributed by atoms with E-state index in [2.05, 4.69) is 64.8 Å². The van der Waals surface area contributed by atoms with Crippen LogP contribution in [-0.4, -0.2) is 33.1 Å². The predicted molar refractivity (Wildman–Crippen MR) is 65.9 cm³/mol. The highest BCUT2D eigenvalue weighted by Crippen LogP contribution is 2.42. The third-order valence-corrected chi connectivity index (χ3v) is 4.95. The lowest BCUT2D eigenvalue weighted by Crippen LogP contribution is -2.41. The molecule has 14 heavy (non-hydrogen) atoms. The average molecular weight is 208 g/mol. The Balaban J connectivity index is 2.69. The van der Waals surface area contributed by atoms with Gasteiger partial charge >= 0.3 is 0 Å². The van der Waals surface area contributed by atoms with Crippen LogP contribution in [0.3, 0.4) is 0 Å². The number of rotatable bonds is 3. The van der Waals surface area contributed by atoms with Crippen LogP contribution in [0, 0.1) is 30.7 Å². The molecule has 0 N–H and O–H groups in total. The molecule has 0 aromatic carbocycles. The summed E-state index contributed by atoms with van der Waals surface area (Å²) < 4.78 is 0. The van der Waals surface area contributed by atoms with E-state index in [9.17, 15) is 0 Å². The maximum atomic E-state index is 2.41. The van der Waals surface area contributed by atoms with E-state index in [0.717, 1.165) is 0 Å². The molecule has 0 amide bonds. The summed E-state index contributed by atoms with van der Waals surface area (Å²) in [4.78, 5) is 2.28. The topological polar surface area (TPSA) is 3.24 Å². The minimum atomic E-state index is -1.16. The zero-order chi connectivity index (χ0) is 10.9. The molecule has 0 heterocycles. The molecule has 0 unspecified atom stereocenters. The maximum absolute atomic E-state index is 2.41. The highest BCUT2D eigenvalue weighted by molar-refractivity contribution is 6.82. The van der Waals surface area contributed by atoms with E-state index in [1.54, 1.807) is 5.54 Å². The van der Waals surface area contributed by atoms with Crippen molar-refractivity contribution in [3.05, 3.63) is 30.7 Å². The lowest BCUT2D eigenvalue weighted by molar-refractivity contribution is 0.333. The van der Waals surface area contributed by atoms with Gasteiger partial charge < -0.3 is 4.90 Å². The van der Waals surface area contributed by atoms with Gasteiger partial charge in [0.2, 0.25) is 0 Å². The quantitative estimate of drug-likeness (QED) is 0.644. The monoisotopic (exact) mass is 208 g/mol. The van der Waals surface area contributed by atoms with Crippen molar-refractivity contribution in [2.75, 3.05) is 14.1 Å². The smallest absolute Gasteiger partial charge is 0.0521 e. The molecule has 2 heteroatoms. The Bertz CT molecular complexity index is 183. The average Bonchev–Trinajstić information content (AvgIpc) is 2.48. The van der Waals surface area contributed by atoms with Gasteiger partial charge in [-0.1, -0.05) is 19.6 Å². The third-order valence-electron chi connectivity index (χ3n) is 2.88. The number of hydrogen-bond acceptors (Lipinski definition) is 1. The Morgan fingerprint density at radius 1 is 1.14 bits per heavy atom. The molecule has 1 rings (SSSR count). The lowest BCUT2D eigenvalue weighted by atomic mass is 9.98. The first-order valence-electron chi connectivity index (χ1n) is 5.26. The molecule has 0 saturated heterocycles. The standard InChI is InChI=1S/C12H22NSi/c1-10(13(2)3)11-8-7-9-12(11)14(4,5)6/h7-10H,1-6H3/t10-/m1/s1. The van der Waals surface area contributed by atoms with Crippen LogP contribution in [0.25, 0.3) is 0 Å². The minimum absolute atomic E-state index is 0.534. The summed E-state index contributed by atoms with van der Waals surface area (Å²) in [6.07, 6.45) is 6.78. The summed E-state index contributed by atoms with van der Waals surface area (Å²) in [6.45, 7) is 9.51. The second kappa shape index (κ2) is 4.36. The van der Waals surface area contributed by atoms with E-state index >= 15 is 0 Å². The fourth-order valence-corrected chi connectivity index (χ4v) is 3.51. The molecule has 0 aliphatic heterocycles. The molecular formula is C12H22NSi. The Morgan fingerprint density at radius 3 is 2.14 bits per heavy atom. The number of hydrogen-bond donors (Lipinski definition) is 0. The molecule has 0 bridgehead atoms. The molecule has 0 aromatic heterocycles. The van der Waals surface area contributed by atoms with E-state index in [0.29, 0.717) is 6.04 Å². The Hall–Kier alpha value is 0.177. The van der Waals surface area contributed by atoms with Gasteiger partial charge in [-0.05, 0) is 45.8 Å². The zero-order valence-corrected chi connectivity index (χ0v) is 11.3. The third kappa shape index (κ3) is 2.60. The van der Waals surface area contributed by atoms with Gasteiger partial charge in [0.15, 0.2) is 0 Å². The molecule has 79 valence electrons. The van der Waals surface area contributed by atoms with Crippen molar-refractivity contribution in [2.45, 2.75) is 32.6 Å². The summed E-state index contributed by atoms with van der Waals surface area (Å²) in [5.41, 5.74) is 1.61. The molecule has 1 fully saturated rings. The SMILES string of the molecule is C[C@H]([C]1[CH][CH][CH][C]1[Si](C)(C)C)N(C)C. The largest absolute Gasteiger partial charge is 0.306 e. The van der Waals surface area contributed by atoms with E-state index in [1.807, 2.05) is 0 Å². The Morgan fingerprint density at radius 2 is 1.71 bits per heavy atom. The van der Waals surface area contributed by atoms with Crippen LogP contribution in [-0.2, 0) is 0 Å². The van der Waals surface area contributed by atoms with Crippen molar-refractivity contribution in [1.82, 2.24) is 4.90 Å². The highest BCUT2D eigenvalue weighted by Gasteiger charge is 2.41.